The topological polar surface area (TPSA) is 93.8 Å². The number of aryl methyl sites for hydroxylation is 1. The molecule has 1 unspecified atom stereocenters. The monoisotopic (exact) mass is 424 g/mol. The maximum Gasteiger partial charge on any atom is 0.471 e. The highest BCUT2D eigenvalue weighted by molar-refractivity contribution is 5.82. The lowest BCUT2D eigenvalue weighted by Gasteiger charge is -2.33. The van der Waals surface area contributed by atoms with Crippen molar-refractivity contribution in [3.05, 3.63) is 24.8 Å². The third-order valence-corrected chi connectivity index (χ3v) is 4.82. The number of amides is 1. The molecule has 12 heteroatoms. The molecule has 1 N–H and O–H groups in total. The standard InChI is InChI=1S/C17H19F3N8O.CH4/c1-26-10-13(7-22-26)24-16-21-5-12-6-23-28(14(12)25-16)9-11-3-2-4-27(8-11)15(29)17(18,19)20;/h5-7,10-11H,2-4,8-9H2,1H3,(H,21,24,25);1H4. The summed E-state index contributed by atoms with van der Waals surface area (Å²) in [6, 6.07) is 0. The second-order valence-electron chi connectivity index (χ2n) is 7.08. The van der Waals surface area contributed by atoms with Gasteiger partial charge in [-0.3, -0.25) is 9.48 Å². The largest absolute Gasteiger partial charge is 0.471 e. The number of rotatable bonds is 4. The van der Waals surface area contributed by atoms with Crippen molar-refractivity contribution in [2.24, 2.45) is 13.0 Å². The van der Waals surface area contributed by atoms with Crippen LogP contribution < -0.4 is 5.32 Å². The highest BCUT2D eigenvalue weighted by Gasteiger charge is 2.43. The maximum atomic E-state index is 12.7. The molecule has 4 rings (SSSR count). The first-order valence-corrected chi connectivity index (χ1v) is 9.10. The quantitative estimate of drug-likeness (QED) is 0.692. The van der Waals surface area contributed by atoms with Gasteiger partial charge in [-0.1, -0.05) is 7.43 Å². The zero-order chi connectivity index (χ0) is 20.6. The zero-order valence-corrected chi connectivity index (χ0v) is 15.6. The van der Waals surface area contributed by atoms with Crippen molar-refractivity contribution in [1.82, 2.24) is 34.4 Å². The average Bonchev–Trinajstić information content (AvgIpc) is 3.27. The van der Waals surface area contributed by atoms with E-state index in [9.17, 15) is 18.0 Å². The summed E-state index contributed by atoms with van der Waals surface area (Å²) in [5.74, 6) is -1.55. The smallest absolute Gasteiger partial charge is 0.335 e. The fourth-order valence-corrected chi connectivity index (χ4v) is 3.50. The minimum atomic E-state index is -4.85. The number of halogens is 3. The first kappa shape index (κ1) is 21.5. The summed E-state index contributed by atoms with van der Waals surface area (Å²) in [6.07, 6.45) is 3.05. The van der Waals surface area contributed by atoms with Crippen LogP contribution >= 0.6 is 0 Å². The Morgan fingerprint density at radius 1 is 1.27 bits per heavy atom. The molecule has 0 bridgehead atoms. The van der Waals surface area contributed by atoms with Crippen LogP contribution in [0.3, 0.4) is 0 Å². The van der Waals surface area contributed by atoms with E-state index in [-0.39, 0.29) is 26.4 Å². The van der Waals surface area contributed by atoms with Crippen LogP contribution in [0.4, 0.5) is 24.8 Å². The number of piperidine rings is 1. The number of nitrogens with zero attached hydrogens (tertiary/aromatic N) is 7. The molecule has 1 atom stereocenters. The molecule has 1 amide bonds. The van der Waals surface area contributed by atoms with Crippen molar-refractivity contribution >= 4 is 28.6 Å². The molecule has 0 spiro atoms. The van der Waals surface area contributed by atoms with Gasteiger partial charge < -0.3 is 10.2 Å². The van der Waals surface area contributed by atoms with Gasteiger partial charge in [0.2, 0.25) is 5.95 Å². The van der Waals surface area contributed by atoms with Crippen LogP contribution in [0.1, 0.15) is 20.3 Å². The molecule has 0 aromatic carbocycles. The van der Waals surface area contributed by atoms with E-state index in [1.54, 1.807) is 41.2 Å². The van der Waals surface area contributed by atoms with Crippen molar-refractivity contribution in [3.8, 4) is 0 Å². The van der Waals surface area contributed by atoms with Crippen LogP contribution in [0.25, 0.3) is 11.0 Å². The zero-order valence-electron chi connectivity index (χ0n) is 15.6. The molecular formula is C18H23F3N8O. The van der Waals surface area contributed by atoms with E-state index >= 15 is 0 Å². The van der Waals surface area contributed by atoms with Crippen LogP contribution in [0.2, 0.25) is 0 Å². The first-order valence-electron chi connectivity index (χ1n) is 9.10. The normalized spacial score (nSPS) is 17.1. The van der Waals surface area contributed by atoms with Gasteiger partial charge in [0, 0.05) is 39.1 Å². The van der Waals surface area contributed by atoms with Gasteiger partial charge in [0.15, 0.2) is 5.65 Å². The van der Waals surface area contributed by atoms with Crippen LogP contribution in [0.5, 0.6) is 0 Å². The molecule has 1 aliphatic rings. The lowest BCUT2D eigenvalue weighted by Crippen LogP contribution is -2.47. The Bertz CT molecular complexity index is 1030. The number of hydrogen-bond donors (Lipinski definition) is 1. The number of aromatic nitrogens is 6. The highest BCUT2D eigenvalue weighted by Crippen LogP contribution is 2.25. The average molecular weight is 424 g/mol. The van der Waals surface area contributed by atoms with E-state index in [2.05, 4.69) is 25.5 Å². The predicted octanol–water partition coefficient (Wildman–Crippen LogP) is 2.74. The number of carbonyl (C=O) groups excluding carboxylic acids is 1. The van der Waals surface area contributed by atoms with Crippen molar-refractivity contribution in [3.63, 3.8) is 0 Å². The molecule has 30 heavy (non-hydrogen) atoms. The van der Waals surface area contributed by atoms with E-state index in [1.165, 1.54) is 0 Å². The number of nitrogens with one attached hydrogen (secondary N) is 1. The van der Waals surface area contributed by atoms with Crippen LogP contribution in [-0.4, -0.2) is 59.6 Å². The summed E-state index contributed by atoms with van der Waals surface area (Å²) in [6.45, 7) is 0.538. The Morgan fingerprint density at radius 3 is 2.77 bits per heavy atom. The molecule has 1 fully saturated rings. The van der Waals surface area contributed by atoms with Gasteiger partial charge in [0.25, 0.3) is 0 Å². The van der Waals surface area contributed by atoms with E-state index in [0.717, 1.165) is 22.4 Å². The van der Waals surface area contributed by atoms with Crippen LogP contribution in [-0.2, 0) is 18.4 Å². The van der Waals surface area contributed by atoms with Gasteiger partial charge in [-0.2, -0.15) is 28.4 Å². The maximum absolute atomic E-state index is 12.7. The minimum absolute atomic E-state index is 0. The summed E-state index contributed by atoms with van der Waals surface area (Å²) in [5, 5.41) is 12.1. The first-order chi connectivity index (χ1) is 13.8. The number of anilines is 2. The van der Waals surface area contributed by atoms with Crippen LogP contribution in [0, 0.1) is 5.92 Å². The Morgan fingerprint density at radius 2 is 2.07 bits per heavy atom. The Kier molecular flexibility index (Phi) is 5.94. The lowest BCUT2D eigenvalue weighted by atomic mass is 9.98. The molecule has 1 aliphatic heterocycles. The van der Waals surface area contributed by atoms with E-state index in [1.807, 2.05) is 0 Å². The third-order valence-electron chi connectivity index (χ3n) is 4.82. The number of alkyl halides is 3. The van der Waals surface area contributed by atoms with Gasteiger partial charge in [-0.15, -0.1) is 0 Å². The van der Waals surface area contributed by atoms with Gasteiger partial charge in [-0.25, -0.2) is 9.67 Å². The summed E-state index contributed by atoms with van der Waals surface area (Å²) in [5.41, 5.74) is 1.30. The lowest BCUT2D eigenvalue weighted by molar-refractivity contribution is -0.187. The molecule has 3 aromatic rings. The van der Waals surface area contributed by atoms with Gasteiger partial charge in [0.1, 0.15) is 0 Å². The predicted molar refractivity (Wildman–Crippen MR) is 104 cm³/mol. The number of hydrogen-bond acceptors (Lipinski definition) is 6. The van der Waals surface area contributed by atoms with Crippen molar-refractivity contribution in [2.45, 2.75) is 33.0 Å². The summed E-state index contributed by atoms with van der Waals surface area (Å²) < 4.78 is 41.5. The summed E-state index contributed by atoms with van der Waals surface area (Å²) in [7, 11) is 1.79. The Hall–Kier alpha value is -3.18. The van der Waals surface area contributed by atoms with Gasteiger partial charge in [0.05, 0.1) is 23.5 Å². The third kappa shape index (κ3) is 4.52. The van der Waals surface area contributed by atoms with Gasteiger partial charge in [-0.05, 0) is 18.8 Å². The SMILES string of the molecule is C.Cn1cc(Nc2ncc3cnn(CC4CCCN(C(=O)C(F)(F)F)C4)c3n2)cn1. The highest BCUT2D eigenvalue weighted by atomic mass is 19.4. The summed E-state index contributed by atoms with van der Waals surface area (Å²) >= 11 is 0. The Balaban J connectivity index is 0.00000256. The number of carbonyl (C=O) groups is 1. The van der Waals surface area contributed by atoms with Crippen molar-refractivity contribution in [1.29, 1.82) is 0 Å². The fourth-order valence-electron chi connectivity index (χ4n) is 3.50. The second-order valence-corrected chi connectivity index (χ2v) is 7.08. The van der Waals surface area contributed by atoms with Crippen molar-refractivity contribution in [2.75, 3.05) is 18.4 Å². The molecule has 1 saturated heterocycles. The number of fused-ring (bicyclic) bond motifs is 1. The number of likely N-dealkylation sites (tertiary alicyclic amines) is 1. The molecule has 3 aromatic heterocycles. The molecule has 162 valence electrons. The van der Waals surface area contributed by atoms with E-state index in [4.69, 9.17) is 0 Å². The second kappa shape index (κ2) is 8.28. The molecular weight excluding hydrogens is 401 g/mol. The molecule has 9 nitrogen and oxygen atoms in total. The van der Waals surface area contributed by atoms with E-state index < -0.39 is 12.1 Å². The van der Waals surface area contributed by atoms with E-state index in [0.29, 0.717) is 24.6 Å². The molecule has 4 heterocycles. The molecule has 0 saturated carbocycles. The van der Waals surface area contributed by atoms with Crippen molar-refractivity contribution < 1.29 is 18.0 Å². The minimum Gasteiger partial charge on any atom is -0.335 e. The Labute approximate surface area is 170 Å². The van der Waals surface area contributed by atoms with Crippen LogP contribution in [0.15, 0.2) is 24.8 Å². The van der Waals surface area contributed by atoms with Gasteiger partial charge >= 0.3 is 12.1 Å². The summed E-state index contributed by atoms with van der Waals surface area (Å²) in [4.78, 5) is 21.1. The molecule has 0 aliphatic carbocycles. The fraction of sp³-hybridized carbons (Fsp3) is 0.500. The molecule has 0 radical (unpaired) electrons.